The maximum Gasteiger partial charge on any atom is 0.0431 e. The van der Waals surface area contributed by atoms with Crippen LogP contribution >= 0.6 is 0 Å². The standard InChI is InChI=1S/C8H18O.C6H14.Nd/c1-2-3-4-5-6-7-8-9;1-3-5-6-4-2;/h9H,2-8H2,1H3;3-6H2,1-2H3;. The maximum absolute atomic E-state index is 8.42. The normalized spacial score (nSPS) is 9.00. The SMILES string of the molecule is CCCCCC.CCCCCCCCO.[Nd]. The van der Waals surface area contributed by atoms with Crippen molar-refractivity contribution in [3.8, 4) is 0 Å². The summed E-state index contributed by atoms with van der Waals surface area (Å²) >= 11 is 0. The van der Waals surface area contributed by atoms with Crippen molar-refractivity contribution in [2.24, 2.45) is 0 Å². The summed E-state index contributed by atoms with van der Waals surface area (Å²) in [6, 6.07) is 0. The number of rotatable bonds is 9. The number of unbranched alkanes of at least 4 members (excludes halogenated alkanes) is 8. The van der Waals surface area contributed by atoms with Gasteiger partial charge in [-0.3, -0.25) is 0 Å². The average Bonchev–Trinajstić information content (AvgIpc) is 2.27. The van der Waals surface area contributed by atoms with Crippen LogP contribution in [0.5, 0.6) is 0 Å². The van der Waals surface area contributed by atoms with E-state index in [1.807, 2.05) is 0 Å². The van der Waals surface area contributed by atoms with Crippen molar-refractivity contribution in [1.29, 1.82) is 0 Å². The van der Waals surface area contributed by atoms with Crippen LogP contribution in [0, 0.1) is 40.8 Å². The second-order valence-corrected chi connectivity index (χ2v) is 4.20. The van der Waals surface area contributed by atoms with Crippen molar-refractivity contribution >= 4 is 0 Å². The largest absolute Gasteiger partial charge is 0.396 e. The van der Waals surface area contributed by atoms with Gasteiger partial charge in [-0.25, -0.2) is 0 Å². The van der Waals surface area contributed by atoms with Crippen molar-refractivity contribution < 1.29 is 45.9 Å². The quantitative estimate of drug-likeness (QED) is 0.578. The van der Waals surface area contributed by atoms with Gasteiger partial charge >= 0.3 is 0 Å². The van der Waals surface area contributed by atoms with Gasteiger partial charge in [-0.05, 0) is 6.42 Å². The molecule has 0 fully saturated rings. The molecule has 1 nitrogen and oxygen atoms in total. The smallest absolute Gasteiger partial charge is 0.0431 e. The number of aliphatic hydroxyl groups is 1. The molecule has 0 aromatic carbocycles. The fourth-order valence-corrected chi connectivity index (χ4v) is 1.39. The van der Waals surface area contributed by atoms with Gasteiger partial charge in [0.15, 0.2) is 0 Å². The molecule has 0 unspecified atom stereocenters. The van der Waals surface area contributed by atoms with Crippen molar-refractivity contribution in [2.75, 3.05) is 6.61 Å². The third-order valence-electron chi connectivity index (χ3n) is 2.47. The molecule has 0 radical (unpaired) electrons. The molecule has 0 amide bonds. The predicted molar refractivity (Wildman–Crippen MR) is 70.3 cm³/mol. The van der Waals surface area contributed by atoms with Gasteiger partial charge in [0.1, 0.15) is 0 Å². The summed E-state index contributed by atoms with van der Waals surface area (Å²) in [5, 5.41) is 8.42. The van der Waals surface area contributed by atoms with Gasteiger partial charge in [-0.15, -0.1) is 0 Å². The van der Waals surface area contributed by atoms with Crippen LogP contribution in [0.4, 0.5) is 0 Å². The second-order valence-electron chi connectivity index (χ2n) is 4.20. The first-order valence-electron chi connectivity index (χ1n) is 6.94. The number of hydrogen-bond donors (Lipinski definition) is 1. The zero-order valence-electron chi connectivity index (χ0n) is 11.7. The fraction of sp³-hybridized carbons (Fsp3) is 1.00. The summed E-state index contributed by atoms with van der Waals surface area (Å²) in [6.07, 6.45) is 13.0. The van der Waals surface area contributed by atoms with E-state index in [9.17, 15) is 0 Å². The van der Waals surface area contributed by atoms with Gasteiger partial charge in [0, 0.05) is 47.4 Å². The Morgan fingerprint density at radius 1 is 0.562 bits per heavy atom. The van der Waals surface area contributed by atoms with E-state index in [-0.39, 0.29) is 40.8 Å². The van der Waals surface area contributed by atoms with Crippen LogP contribution in [0.25, 0.3) is 0 Å². The predicted octanol–water partition coefficient (Wildman–Crippen LogP) is 4.93. The maximum atomic E-state index is 8.42. The Balaban J connectivity index is -0.000000214. The molecule has 0 aliphatic carbocycles. The molecule has 0 spiro atoms. The summed E-state index contributed by atoms with van der Waals surface area (Å²) < 4.78 is 0. The van der Waals surface area contributed by atoms with E-state index in [4.69, 9.17) is 5.11 Å². The zero-order valence-corrected chi connectivity index (χ0v) is 14.9. The third kappa shape index (κ3) is 29.5. The number of hydrogen-bond acceptors (Lipinski definition) is 1. The van der Waals surface area contributed by atoms with Gasteiger partial charge in [0.05, 0.1) is 0 Å². The van der Waals surface area contributed by atoms with Crippen LogP contribution in [0.2, 0.25) is 0 Å². The van der Waals surface area contributed by atoms with Crippen LogP contribution in [0.3, 0.4) is 0 Å². The minimum Gasteiger partial charge on any atom is -0.396 e. The molecule has 0 aliphatic heterocycles. The van der Waals surface area contributed by atoms with E-state index in [2.05, 4.69) is 20.8 Å². The molecule has 98 valence electrons. The zero-order chi connectivity index (χ0) is 11.8. The van der Waals surface area contributed by atoms with Crippen LogP contribution in [0.15, 0.2) is 0 Å². The minimum atomic E-state index is 0. The van der Waals surface area contributed by atoms with Gasteiger partial charge in [-0.2, -0.15) is 0 Å². The molecule has 0 heterocycles. The second kappa shape index (κ2) is 25.2. The molecule has 16 heavy (non-hydrogen) atoms. The average molecular weight is 361 g/mol. The van der Waals surface area contributed by atoms with E-state index < -0.39 is 0 Å². The molecule has 0 bridgehead atoms. The first kappa shape index (κ1) is 22.5. The van der Waals surface area contributed by atoms with E-state index >= 15 is 0 Å². The Labute approximate surface area is 136 Å². The topological polar surface area (TPSA) is 20.2 Å². The van der Waals surface area contributed by atoms with E-state index in [0.717, 1.165) is 6.42 Å². The molecular formula is C14H32NdO. The molecule has 1 N–H and O–H groups in total. The van der Waals surface area contributed by atoms with Crippen molar-refractivity contribution in [1.82, 2.24) is 0 Å². The van der Waals surface area contributed by atoms with Gasteiger partial charge < -0.3 is 5.11 Å². The molecule has 0 aliphatic rings. The summed E-state index contributed by atoms with van der Waals surface area (Å²) in [5.41, 5.74) is 0. The molecular weight excluding hydrogens is 328 g/mol. The van der Waals surface area contributed by atoms with Gasteiger partial charge in [0.2, 0.25) is 0 Å². The third-order valence-corrected chi connectivity index (χ3v) is 2.47. The molecule has 0 atom stereocenters. The molecule has 0 rings (SSSR count). The van der Waals surface area contributed by atoms with Crippen LogP contribution in [-0.2, 0) is 0 Å². The van der Waals surface area contributed by atoms with Crippen LogP contribution in [-0.4, -0.2) is 11.7 Å². The fourth-order valence-electron chi connectivity index (χ4n) is 1.39. The van der Waals surface area contributed by atoms with Crippen LogP contribution in [0.1, 0.15) is 85.0 Å². The summed E-state index contributed by atoms with van der Waals surface area (Å²) in [6.45, 7) is 7.05. The Morgan fingerprint density at radius 2 is 0.875 bits per heavy atom. The molecule has 2 heteroatoms. The minimum absolute atomic E-state index is 0. The summed E-state index contributed by atoms with van der Waals surface area (Å²) in [4.78, 5) is 0. The van der Waals surface area contributed by atoms with E-state index in [1.165, 1.54) is 57.8 Å². The Bertz CT molecular complexity index is 76.8. The Kier molecular flexibility index (Phi) is 35.5. The summed E-state index contributed by atoms with van der Waals surface area (Å²) in [5.74, 6) is 0. The van der Waals surface area contributed by atoms with Crippen LogP contribution < -0.4 is 0 Å². The first-order valence-corrected chi connectivity index (χ1v) is 6.94. The van der Waals surface area contributed by atoms with E-state index in [1.54, 1.807) is 0 Å². The van der Waals surface area contributed by atoms with Crippen molar-refractivity contribution in [2.45, 2.75) is 85.0 Å². The summed E-state index contributed by atoms with van der Waals surface area (Å²) in [7, 11) is 0. The Hall–Kier alpha value is 1.31. The molecule has 0 aromatic heterocycles. The van der Waals surface area contributed by atoms with E-state index in [0.29, 0.717) is 6.61 Å². The Morgan fingerprint density at radius 3 is 1.25 bits per heavy atom. The first-order chi connectivity index (χ1) is 7.33. The van der Waals surface area contributed by atoms with Crippen molar-refractivity contribution in [3.63, 3.8) is 0 Å². The van der Waals surface area contributed by atoms with Gasteiger partial charge in [-0.1, -0.05) is 78.6 Å². The van der Waals surface area contributed by atoms with Gasteiger partial charge in [0.25, 0.3) is 0 Å². The number of aliphatic hydroxyl groups excluding tert-OH is 1. The monoisotopic (exact) mass is 358 g/mol. The molecule has 0 aromatic rings. The molecule has 0 saturated heterocycles. The van der Waals surface area contributed by atoms with Crippen molar-refractivity contribution in [3.05, 3.63) is 0 Å². The molecule has 0 saturated carbocycles.